The van der Waals surface area contributed by atoms with Gasteiger partial charge in [-0.1, -0.05) is 0 Å². The van der Waals surface area contributed by atoms with E-state index in [1.165, 1.54) is 0 Å². The van der Waals surface area contributed by atoms with Gasteiger partial charge in [0.05, 0.1) is 18.7 Å². The fraction of sp³-hybridized carbons (Fsp3) is 0.526. The second kappa shape index (κ2) is 6.59. The van der Waals surface area contributed by atoms with Crippen LogP contribution in [0.4, 0.5) is 5.82 Å². The zero-order valence-corrected chi connectivity index (χ0v) is 14.5. The van der Waals surface area contributed by atoms with Crippen molar-refractivity contribution in [1.29, 1.82) is 0 Å². The molecule has 6 nitrogen and oxygen atoms in total. The number of fused-ring (bicyclic) bond motifs is 2. The largest absolute Gasteiger partial charge is 0.381 e. The van der Waals surface area contributed by atoms with E-state index in [1.807, 2.05) is 23.2 Å². The van der Waals surface area contributed by atoms with Crippen LogP contribution in [0.1, 0.15) is 30.4 Å². The summed E-state index contributed by atoms with van der Waals surface area (Å²) in [6.45, 7) is 1.69. The summed E-state index contributed by atoms with van der Waals surface area (Å²) < 4.78 is 5.45. The van der Waals surface area contributed by atoms with Crippen molar-refractivity contribution in [1.82, 2.24) is 4.90 Å². The molecule has 6 heteroatoms. The number of hydrogen-bond donors (Lipinski definition) is 1. The van der Waals surface area contributed by atoms with Crippen molar-refractivity contribution in [2.24, 2.45) is 11.8 Å². The van der Waals surface area contributed by atoms with Gasteiger partial charge in [0.2, 0.25) is 5.91 Å². The smallest absolute Gasteiger partial charge is 0.307 e. The maximum Gasteiger partial charge on any atom is 0.307 e. The molecule has 2 aliphatic heterocycles. The van der Waals surface area contributed by atoms with Crippen molar-refractivity contribution >= 4 is 23.7 Å². The molecule has 0 bridgehead atoms. The minimum Gasteiger partial charge on any atom is -0.381 e. The Morgan fingerprint density at radius 1 is 1.32 bits per heavy atom. The molecule has 25 heavy (non-hydrogen) atoms. The van der Waals surface area contributed by atoms with Gasteiger partial charge in [-0.3, -0.25) is 4.79 Å². The lowest BCUT2D eigenvalue weighted by Crippen LogP contribution is -2.29. The highest BCUT2D eigenvalue weighted by Gasteiger charge is 2.41. The minimum absolute atomic E-state index is 0.0394. The number of carbonyl (C=O) groups is 2. The van der Waals surface area contributed by atoms with Crippen LogP contribution in [0.15, 0.2) is 18.3 Å². The summed E-state index contributed by atoms with van der Waals surface area (Å²) in [5.41, 5.74) is 2.03. The average molecular weight is 342 g/mol. The molecule has 0 spiro atoms. The number of ether oxygens (including phenoxy) is 1. The Hall–Kier alpha value is -2.21. The first-order valence-electron chi connectivity index (χ1n) is 8.96. The van der Waals surface area contributed by atoms with Gasteiger partial charge in [0.15, 0.2) is 0 Å². The minimum atomic E-state index is 0.0394. The van der Waals surface area contributed by atoms with E-state index in [4.69, 9.17) is 4.74 Å². The second-order valence-electron chi connectivity index (χ2n) is 7.31. The zero-order valence-electron chi connectivity index (χ0n) is 14.5. The van der Waals surface area contributed by atoms with E-state index in [9.17, 15) is 9.59 Å². The van der Waals surface area contributed by atoms with Crippen LogP contribution in [0.2, 0.25) is 0 Å². The number of hydrogen-bond acceptors (Lipinski definition) is 3. The van der Waals surface area contributed by atoms with Crippen LogP contribution < -0.4 is 10.3 Å². The number of amides is 2. The molecule has 3 aliphatic rings. The number of pyridine rings is 1. The number of H-pyrrole nitrogens is 1. The third-order valence-electron chi connectivity index (χ3n) is 5.70. The topological polar surface area (TPSA) is 72.8 Å². The van der Waals surface area contributed by atoms with Crippen LogP contribution >= 0.6 is 0 Å². The predicted molar refractivity (Wildman–Crippen MR) is 92.6 cm³/mol. The second-order valence-corrected chi connectivity index (χ2v) is 7.31. The van der Waals surface area contributed by atoms with Crippen LogP contribution in [0, 0.1) is 11.8 Å². The van der Waals surface area contributed by atoms with Crippen LogP contribution in [0.5, 0.6) is 0 Å². The monoisotopic (exact) mass is 342 g/mol. The van der Waals surface area contributed by atoms with Crippen molar-refractivity contribution < 1.29 is 19.3 Å². The van der Waals surface area contributed by atoms with E-state index < -0.39 is 0 Å². The molecule has 0 aromatic carbocycles. The quantitative estimate of drug-likeness (QED) is 0.841. The van der Waals surface area contributed by atoms with Crippen LogP contribution in [0.25, 0.3) is 6.08 Å². The highest BCUT2D eigenvalue weighted by Crippen LogP contribution is 2.39. The van der Waals surface area contributed by atoms with E-state index in [0.29, 0.717) is 24.4 Å². The van der Waals surface area contributed by atoms with E-state index in [2.05, 4.69) is 10.3 Å². The summed E-state index contributed by atoms with van der Waals surface area (Å²) in [7, 11) is 1.78. The van der Waals surface area contributed by atoms with Gasteiger partial charge in [0.25, 0.3) is 5.82 Å². The van der Waals surface area contributed by atoms with E-state index >= 15 is 0 Å². The van der Waals surface area contributed by atoms with Crippen LogP contribution in [-0.2, 0) is 20.7 Å². The Morgan fingerprint density at radius 2 is 2.08 bits per heavy atom. The highest BCUT2D eigenvalue weighted by molar-refractivity contribution is 5.93. The Balaban J connectivity index is 1.38. The molecule has 132 valence electrons. The van der Waals surface area contributed by atoms with Gasteiger partial charge < -0.3 is 9.64 Å². The van der Waals surface area contributed by atoms with E-state index in [1.54, 1.807) is 13.2 Å². The molecule has 0 radical (unpaired) electrons. The molecule has 2 N–H and O–H groups in total. The third kappa shape index (κ3) is 3.31. The molecule has 4 rings (SSSR count). The Labute approximate surface area is 147 Å². The SMILES string of the molecule is COC1CC2CN(C(=O)/C=C/c3c[nH+]c4c(c3)CCC(=O)N4)CC2C1. The molecular weight excluding hydrogens is 318 g/mol. The van der Waals surface area contributed by atoms with Gasteiger partial charge in [-0.15, -0.1) is 0 Å². The molecule has 1 aromatic rings. The van der Waals surface area contributed by atoms with Crippen molar-refractivity contribution in [3.05, 3.63) is 29.5 Å². The molecule has 2 amide bonds. The molecule has 2 atom stereocenters. The number of nitrogens with zero attached hydrogens (tertiary/aromatic N) is 1. The number of aromatic amines is 1. The molecular formula is C19H24N3O3+. The number of aryl methyl sites for hydroxylation is 1. The first-order chi connectivity index (χ1) is 12.1. The summed E-state index contributed by atoms with van der Waals surface area (Å²) in [6.07, 6.45) is 9.06. The van der Waals surface area contributed by atoms with Crippen molar-refractivity contribution in [2.75, 3.05) is 25.5 Å². The van der Waals surface area contributed by atoms with Gasteiger partial charge >= 0.3 is 5.91 Å². The number of aromatic nitrogens is 1. The molecule has 2 fully saturated rings. The predicted octanol–water partition coefficient (Wildman–Crippen LogP) is 1.28. The summed E-state index contributed by atoms with van der Waals surface area (Å²) in [5, 5.41) is 2.82. The first kappa shape index (κ1) is 16.3. The number of methoxy groups -OCH3 is 1. The lowest BCUT2D eigenvalue weighted by atomic mass is 10.0. The molecule has 1 aromatic heterocycles. The first-order valence-corrected chi connectivity index (χ1v) is 8.96. The number of anilines is 1. The summed E-state index contributed by atoms with van der Waals surface area (Å²) in [6, 6.07) is 2.02. The number of likely N-dealkylation sites (tertiary alicyclic amines) is 1. The van der Waals surface area contributed by atoms with Crippen molar-refractivity contribution in [3.63, 3.8) is 0 Å². The van der Waals surface area contributed by atoms with Crippen LogP contribution in [0.3, 0.4) is 0 Å². The lowest BCUT2D eigenvalue weighted by Gasteiger charge is -2.17. The van der Waals surface area contributed by atoms with Gasteiger partial charge in [0.1, 0.15) is 0 Å². The summed E-state index contributed by atoms with van der Waals surface area (Å²) in [4.78, 5) is 28.9. The number of rotatable bonds is 3. The fourth-order valence-corrected chi connectivity index (χ4v) is 4.31. The Kier molecular flexibility index (Phi) is 4.29. The Morgan fingerprint density at radius 3 is 2.80 bits per heavy atom. The maximum absolute atomic E-state index is 12.5. The van der Waals surface area contributed by atoms with Gasteiger partial charge in [0, 0.05) is 37.4 Å². The van der Waals surface area contributed by atoms with Gasteiger partial charge in [-0.05, 0) is 43.2 Å². The van der Waals surface area contributed by atoms with E-state index in [0.717, 1.165) is 49.3 Å². The highest BCUT2D eigenvalue weighted by atomic mass is 16.5. The van der Waals surface area contributed by atoms with Crippen molar-refractivity contribution in [2.45, 2.75) is 31.8 Å². The lowest BCUT2D eigenvalue weighted by molar-refractivity contribution is -0.361. The molecule has 1 saturated carbocycles. The summed E-state index contributed by atoms with van der Waals surface area (Å²) >= 11 is 0. The molecule has 3 heterocycles. The molecule has 2 unspecified atom stereocenters. The normalized spacial score (nSPS) is 28.1. The molecule has 1 saturated heterocycles. The number of carbonyl (C=O) groups excluding carboxylic acids is 2. The standard InChI is InChI=1S/C19H23N3O3/c1-25-16-7-14-10-22(11-15(14)8-16)18(24)5-2-12-6-13-3-4-17(23)21-19(13)20-9-12/h2,5-6,9,14-16H,3-4,7-8,10-11H2,1H3,(H,20,21,23)/p+1/b5-2+. The third-order valence-corrected chi connectivity index (χ3v) is 5.70. The molecule has 1 aliphatic carbocycles. The van der Waals surface area contributed by atoms with E-state index in [-0.39, 0.29) is 11.8 Å². The Bertz CT molecular complexity index is 717. The van der Waals surface area contributed by atoms with Gasteiger partial charge in [-0.25, -0.2) is 15.1 Å². The van der Waals surface area contributed by atoms with Gasteiger partial charge in [-0.2, -0.15) is 0 Å². The summed E-state index contributed by atoms with van der Waals surface area (Å²) in [5.74, 6) is 2.05. The average Bonchev–Trinajstić information content (AvgIpc) is 3.18. The number of nitrogens with one attached hydrogen (secondary N) is 2. The maximum atomic E-state index is 12.5. The zero-order chi connectivity index (χ0) is 17.4. The van der Waals surface area contributed by atoms with Crippen LogP contribution in [-0.4, -0.2) is 43.0 Å². The fourth-order valence-electron chi connectivity index (χ4n) is 4.31. The van der Waals surface area contributed by atoms with Crippen molar-refractivity contribution in [3.8, 4) is 0 Å².